The minimum atomic E-state index is 0.185. The molecule has 0 aliphatic heterocycles. The van der Waals surface area contributed by atoms with Crippen molar-refractivity contribution in [2.45, 2.75) is 46.6 Å². The third-order valence-corrected chi connectivity index (χ3v) is 3.77. The van der Waals surface area contributed by atoms with Crippen LogP contribution in [0, 0.1) is 13.8 Å². The SMILES string of the molecule is CCCNC(c1ccc(CC)cc1)c1cc(C)nnc1C. The van der Waals surface area contributed by atoms with Crippen molar-refractivity contribution >= 4 is 0 Å². The molecule has 112 valence electrons. The van der Waals surface area contributed by atoms with Gasteiger partial charge in [-0.25, -0.2) is 0 Å². The van der Waals surface area contributed by atoms with Gasteiger partial charge in [0.1, 0.15) is 0 Å². The van der Waals surface area contributed by atoms with Gasteiger partial charge in [-0.15, -0.1) is 0 Å². The first kappa shape index (κ1) is 15.6. The van der Waals surface area contributed by atoms with E-state index in [-0.39, 0.29) is 6.04 Å². The first-order valence-corrected chi connectivity index (χ1v) is 7.78. The molecule has 3 nitrogen and oxygen atoms in total. The highest BCUT2D eigenvalue weighted by Gasteiger charge is 2.16. The summed E-state index contributed by atoms with van der Waals surface area (Å²) in [6.45, 7) is 9.38. The molecule has 0 aliphatic rings. The summed E-state index contributed by atoms with van der Waals surface area (Å²) in [6.07, 6.45) is 2.18. The van der Waals surface area contributed by atoms with Crippen molar-refractivity contribution in [2.24, 2.45) is 0 Å². The molecular formula is C18H25N3. The number of nitrogens with one attached hydrogen (secondary N) is 1. The van der Waals surface area contributed by atoms with Crippen molar-refractivity contribution in [2.75, 3.05) is 6.54 Å². The topological polar surface area (TPSA) is 37.8 Å². The number of hydrogen-bond donors (Lipinski definition) is 1. The zero-order valence-electron chi connectivity index (χ0n) is 13.5. The van der Waals surface area contributed by atoms with Gasteiger partial charge in [-0.2, -0.15) is 10.2 Å². The van der Waals surface area contributed by atoms with Crippen LogP contribution >= 0.6 is 0 Å². The molecule has 1 atom stereocenters. The van der Waals surface area contributed by atoms with E-state index >= 15 is 0 Å². The number of hydrogen-bond acceptors (Lipinski definition) is 3. The van der Waals surface area contributed by atoms with Crippen LogP contribution in [0.15, 0.2) is 30.3 Å². The zero-order valence-corrected chi connectivity index (χ0v) is 13.5. The summed E-state index contributed by atoms with van der Waals surface area (Å²) in [4.78, 5) is 0. The van der Waals surface area contributed by atoms with E-state index < -0.39 is 0 Å². The van der Waals surface area contributed by atoms with Crippen molar-refractivity contribution in [3.63, 3.8) is 0 Å². The van der Waals surface area contributed by atoms with Crippen LogP contribution in [-0.4, -0.2) is 16.7 Å². The lowest BCUT2D eigenvalue weighted by Crippen LogP contribution is -2.24. The van der Waals surface area contributed by atoms with Crippen LogP contribution in [0.3, 0.4) is 0 Å². The first-order valence-electron chi connectivity index (χ1n) is 7.78. The van der Waals surface area contributed by atoms with Gasteiger partial charge in [-0.3, -0.25) is 0 Å². The Morgan fingerprint density at radius 2 is 1.76 bits per heavy atom. The van der Waals surface area contributed by atoms with Gasteiger partial charge in [0.2, 0.25) is 0 Å². The number of rotatable bonds is 6. The standard InChI is InChI=1S/C18H25N3/c1-5-11-19-18(16-9-7-15(6-2)8-10-16)17-12-13(3)20-21-14(17)4/h7-10,12,18-19H,5-6,11H2,1-4H3. The molecule has 0 spiro atoms. The Hall–Kier alpha value is -1.74. The van der Waals surface area contributed by atoms with E-state index in [1.165, 1.54) is 16.7 Å². The van der Waals surface area contributed by atoms with E-state index in [1.54, 1.807) is 0 Å². The molecular weight excluding hydrogens is 258 g/mol. The number of aryl methyl sites for hydroxylation is 3. The molecule has 0 radical (unpaired) electrons. The highest BCUT2D eigenvalue weighted by molar-refractivity contribution is 5.35. The van der Waals surface area contributed by atoms with Crippen LogP contribution in [-0.2, 0) is 6.42 Å². The summed E-state index contributed by atoms with van der Waals surface area (Å²) in [7, 11) is 0. The van der Waals surface area contributed by atoms with Crippen LogP contribution in [0.2, 0.25) is 0 Å². The molecule has 21 heavy (non-hydrogen) atoms. The second-order valence-electron chi connectivity index (χ2n) is 5.51. The molecule has 0 aliphatic carbocycles. The van der Waals surface area contributed by atoms with E-state index in [0.29, 0.717) is 0 Å². The number of nitrogens with zero attached hydrogens (tertiary/aromatic N) is 2. The van der Waals surface area contributed by atoms with Gasteiger partial charge < -0.3 is 5.32 Å². The van der Waals surface area contributed by atoms with E-state index in [9.17, 15) is 0 Å². The first-order chi connectivity index (χ1) is 10.2. The van der Waals surface area contributed by atoms with Crippen LogP contribution in [0.1, 0.15) is 54.4 Å². The molecule has 1 N–H and O–H groups in total. The maximum atomic E-state index is 4.28. The molecule has 1 unspecified atom stereocenters. The maximum Gasteiger partial charge on any atom is 0.0651 e. The average molecular weight is 283 g/mol. The second-order valence-corrected chi connectivity index (χ2v) is 5.51. The summed E-state index contributed by atoms with van der Waals surface area (Å²) >= 11 is 0. The van der Waals surface area contributed by atoms with Crippen molar-refractivity contribution in [1.82, 2.24) is 15.5 Å². The molecule has 0 bridgehead atoms. The summed E-state index contributed by atoms with van der Waals surface area (Å²) in [6, 6.07) is 11.2. The third-order valence-electron chi connectivity index (χ3n) is 3.77. The van der Waals surface area contributed by atoms with Crippen LogP contribution in [0.4, 0.5) is 0 Å². The van der Waals surface area contributed by atoms with E-state index in [4.69, 9.17) is 0 Å². The molecule has 1 heterocycles. The Balaban J connectivity index is 2.38. The highest BCUT2D eigenvalue weighted by atomic mass is 15.1. The average Bonchev–Trinajstić information content (AvgIpc) is 2.51. The van der Waals surface area contributed by atoms with Crippen LogP contribution in [0.5, 0.6) is 0 Å². The summed E-state index contributed by atoms with van der Waals surface area (Å²) in [5, 5.41) is 12.1. The number of aromatic nitrogens is 2. The minimum Gasteiger partial charge on any atom is -0.306 e. The third kappa shape index (κ3) is 3.88. The fraction of sp³-hybridized carbons (Fsp3) is 0.444. The lowest BCUT2D eigenvalue weighted by molar-refractivity contribution is 0.591. The number of benzene rings is 1. The highest BCUT2D eigenvalue weighted by Crippen LogP contribution is 2.24. The van der Waals surface area contributed by atoms with Crippen molar-refractivity contribution in [1.29, 1.82) is 0 Å². The summed E-state index contributed by atoms with van der Waals surface area (Å²) < 4.78 is 0. The summed E-state index contributed by atoms with van der Waals surface area (Å²) in [5.41, 5.74) is 5.84. The molecule has 0 saturated heterocycles. The Kier molecular flexibility index (Phi) is 5.45. The van der Waals surface area contributed by atoms with Crippen molar-refractivity contribution in [3.8, 4) is 0 Å². The monoisotopic (exact) mass is 283 g/mol. The Morgan fingerprint density at radius 3 is 2.38 bits per heavy atom. The van der Waals surface area contributed by atoms with Gasteiger partial charge in [0.25, 0.3) is 0 Å². The van der Waals surface area contributed by atoms with E-state index in [1.807, 2.05) is 13.8 Å². The molecule has 2 rings (SSSR count). The van der Waals surface area contributed by atoms with Crippen LogP contribution in [0.25, 0.3) is 0 Å². The molecule has 0 amide bonds. The lowest BCUT2D eigenvalue weighted by atomic mass is 9.96. The van der Waals surface area contributed by atoms with Gasteiger partial charge in [0.15, 0.2) is 0 Å². The predicted octanol–water partition coefficient (Wildman–Crippen LogP) is 3.74. The lowest BCUT2D eigenvalue weighted by Gasteiger charge is -2.21. The Bertz CT molecular complexity index is 576. The maximum absolute atomic E-state index is 4.28. The fourth-order valence-corrected chi connectivity index (χ4v) is 2.50. The van der Waals surface area contributed by atoms with Crippen molar-refractivity contribution < 1.29 is 0 Å². The normalized spacial score (nSPS) is 12.4. The zero-order chi connectivity index (χ0) is 15.2. The molecule has 3 heteroatoms. The minimum absolute atomic E-state index is 0.185. The predicted molar refractivity (Wildman–Crippen MR) is 87.5 cm³/mol. The second kappa shape index (κ2) is 7.32. The molecule has 1 aromatic heterocycles. The Labute approximate surface area is 127 Å². The Morgan fingerprint density at radius 1 is 1.05 bits per heavy atom. The van der Waals surface area contributed by atoms with Gasteiger partial charge in [0, 0.05) is 0 Å². The van der Waals surface area contributed by atoms with Crippen molar-refractivity contribution in [3.05, 3.63) is 58.4 Å². The fourth-order valence-electron chi connectivity index (χ4n) is 2.50. The summed E-state index contributed by atoms with van der Waals surface area (Å²) in [5.74, 6) is 0. The van der Waals surface area contributed by atoms with Gasteiger partial charge in [-0.1, -0.05) is 38.1 Å². The van der Waals surface area contributed by atoms with Gasteiger partial charge >= 0.3 is 0 Å². The van der Waals surface area contributed by atoms with Gasteiger partial charge in [0.05, 0.1) is 17.4 Å². The van der Waals surface area contributed by atoms with E-state index in [2.05, 4.69) is 59.7 Å². The molecule has 0 saturated carbocycles. The van der Waals surface area contributed by atoms with Gasteiger partial charge in [-0.05, 0) is 56.0 Å². The van der Waals surface area contributed by atoms with Crippen LogP contribution < -0.4 is 5.32 Å². The largest absolute Gasteiger partial charge is 0.306 e. The molecule has 0 fully saturated rings. The van der Waals surface area contributed by atoms with E-state index in [0.717, 1.165) is 30.8 Å². The molecule has 2 aromatic rings. The quantitative estimate of drug-likeness (QED) is 0.877. The molecule has 1 aromatic carbocycles. The smallest absolute Gasteiger partial charge is 0.0651 e.